The van der Waals surface area contributed by atoms with Crippen molar-refractivity contribution in [2.45, 2.75) is 19.8 Å². The van der Waals surface area contributed by atoms with E-state index in [9.17, 15) is 9.59 Å². The molecule has 0 aliphatic carbocycles. The van der Waals surface area contributed by atoms with Crippen molar-refractivity contribution in [2.24, 2.45) is 0 Å². The monoisotopic (exact) mass is 361 g/mol. The number of ether oxygens (including phenoxy) is 2. The minimum absolute atomic E-state index is 0.186. The van der Waals surface area contributed by atoms with Crippen LogP contribution in [0.4, 0.5) is 5.69 Å². The van der Waals surface area contributed by atoms with Gasteiger partial charge in [0, 0.05) is 6.42 Å². The van der Waals surface area contributed by atoms with Crippen LogP contribution in [0.3, 0.4) is 0 Å². The van der Waals surface area contributed by atoms with Gasteiger partial charge in [-0.2, -0.15) is 0 Å². The van der Waals surface area contributed by atoms with Crippen molar-refractivity contribution in [1.82, 2.24) is 0 Å². The normalized spacial score (nSPS) is 10.2. The van der Waals surface area contributed by atoms with E-state index in [1.807, 2.05) is 31.2 Å². The molecule has 0 saturated carbocycles. The minimum Gasteiger partial charge on any atom is -0.494 e. The van der Waals surface area contributed by atoms with Gasteiger partial charge in [0.05, 0.1) is 17.3 Å². The van der Waals surface area contributed by atoms with Gasteiger partial charge in [-0.1, -0.05) is 35.9 Å². The third kappa shape index (κ3) is 6.85. The molecular weight excluding hydrogens is 342 g/mol. The number of aryl methyl sites for hydroxylation is 1. The molecule has 2 rings (SSSR count). The molecule has 0 spiro atoms. The van der Waals surface area contributed by atoms with Crippen molar-refractivity contribution in [3.05, 3.63) is 59.1 Å². The average Bonchev–Trinajstić information content (AvgIpc) is 2.59. The molecule has 0 aliphatic heterocycles. The SMILES string of the molecule is Cc1cccc(OCCCC(=O)OCC(=O)Nc2ccccc2Cl)c1. The Balaban J connectivity index is 1.62. The summed E-state index contributed by atoms with van der Waals surface area (Å²) in [6.45, 7) is 2.05. The number of benzene rings is 2. The maximum Gasteiger partial charge on any atom is 0.306 e. The standard InChI is InChI=1S/C19H20ClNO4/c1-14-6-4-7-15(12-14)24-11-5-10-19(23)25-13-18(22)21-17-9-3-2-8-16(17)20/h2-4,6-9,12H,5,10-11,13H2,1H3,(H,21,22). The number of carbonyl (C=O) groups is 2. The number of nitrogens with one attached hydrogen (secondary N) is 1. The van der Waals surface area contributed by atoms with Gasteiger partial charge in [0.25, 0.3) is 5.91 Å². The Morgan fingerprint density at radius 3 is 2.68 bits per heavy atom. The predicted octanol–water partition coefficient (Wildman–Crippen LogP) is 3.99. The fourth-order valence-electron chi connectivity index (χ4n) is 2.08. The number of hydrogen-bond acceptors (Lipinski definition) is 4. The number of amides is 1. The maximum atomic E-state index is 11.7. The molecule has 132 valence electrons. The number of halogens is 1. The Bertz CT molecular complexity index is 733. The lowest BCUT2D eigenvalue weighted by Crippen LogP contribution is -2.21. The van der Waals surface area contributed by atoms with E-state index >= 15 is 0 Å². The highest BCUT2D eigenvalue weighted by Crippen LogP contribution is 2.20. The Labute approximate surface area is 151 Å². The highest BCUT2D eigenvalue weighted by molar-refractivity contribution is 6.33. The molecule has 0 unspecified atom stereocenters. The Morgan fingerprint density at radius 2 is 1.92 bits per heavy atom. The van der Waals surface area contributed by atoms with E-state index in [0.717, 1.165) is 11.3 Å². The van der Waals surface area contributed by atoms with Crippen LogP contribution in [0.5, 0.6) is 5.75 Å². The molecule has 2 aromatic rings. The van der Waals surface area contributed by atoms with Crippen LogP contribution >= 0.6 is 11.6 Å². The van der Waals surface area contributed by atoms with E-state index in [0.29, 0.717) is 23.7 Å². The number of hydrogen-bond donors (Lipinski definition) is 1. The minimum atomic E-state index is -0.442. The van der Waals surface area contributed by atoms with Gasteiger partial charge in [-0.15, -0.1) is 0 Å². The highest BCUT2D eigenvalue weighted by Gasteiger charge is 2.09. The molecule has 25 heavy (non-hydrogen) atoms. The lowest BCUT2D eigenvalue weighted by atomic mass is 10.2. The first kappa shape index (κ1) is 18.8. The van der Waals surface area contributed by atoms with Gasteiger partial charge in [-0.05, 0) is 43.2 Å². The number of esters is 1. The smallest absolute Gasteiger partial charge is 0.306 e. The van der Waals surface area contributed by atoms with Gasteiger partial charge in [0.2, 0.25) is 0 Å². The van der Waals surface area contributed by atoms with E-state index in [-0.39, 0.29) is 13.0 Å². The van der Waals surface area contributed by atoms with Crippen LogP contribution in [0.2, 0.25) is 5.02 Å². The van der Waals surface area contributed by atoms with Crippen LogP contribution in [-0.2, 0) is 14.3 Å². The fraction of sp³-hybridized carbons (Fsp3) is 0.263. The Kier molecular flexibility index (Phi) is 7.29. The molecule has 6 heteroatoms. The highest BCUT2D eigenvalue weighted by atomic mass is 35.5. The first-order valence-corrected chi connectivity index (χ1v) is 8.32. The Hall–Kier alpha value is -2.53. The molecule has 1 amide bonds. The first-order valence-electron chi connectivity index (χ1n) is 7.94. The summed E-state index contributed by atoms with van der Waals surface area (Å²) in [4.78, 5) is 23.4. The van der Waals surface area contributed by atoms with Gasteiger partial charge in [-0.3, -0.25) is 9.59 Å². The summed E-state index contributed by atoms with van der Waals surface area (Å²) in [5.41, 5.74) is 1.60. The largest absolute Gasteiger partial charge is 0.494 e. The summed E-state index contributed by atoms with van der Waals surface area (Å²) in [5.74, 6) is -0.105. The van der Waals surface area contributed by atoms with Gasteiger partial charge in [0.15, 0.2) is 6.61 Å². The van der Waals surface area contributed by atoms with Crippen LogP contribution in [-0.4, -0.2) is 25.1 Å². The number of carbonyl (C=O) groups excluding carboxylic acids is 2. The third-order valence-corrected chi connectivity index (χ3v) is 3.63. The topological polar surface area (TPSA) is 64.6 Å². The van der Waals surface area contributed by atoms with Crippen LogP contribution in [0.15, 0.2) is 48.5 Å². The summed E-state index contributed by atoms with van der Waals surface area (Å²) in [7, 11) is 0. The number of anilines is 1. The van der Waals surface area contributed by atoms with Crippen LogP contribution in [0.1, 0.15) is 18.4 Å². The molecular formula is C19H20ClNO4. The zero-order valence-electron chi connectivity index (χ0n) is 14.0. The molecule has 0 saturated heterocycles. The summed E-state index contributed by atoms with van der Waals surface area (Å²) in [6, 6.07) is 14.5. The van der Waals surface area contributed by atoms with Crippen molar-refractivity contribution in [3.8, 4) is 5.75 Å². The molecule has 0 aliphatic rings. The van der Waals surface area contributed by atoms with Gasteiger partial charge in [0.1, 0.15) is 5.75 Å². The predicted molar refractivity (Wildman–Crippen MR) is 96.9 cm³/mol. The summed E-state index contributed by atoms with van der Waals surface area (Å²) >= 11 is 5.94. The van der Waals surface area contributed by atoms with Gasteiger partial charge in [-0.25, -0.2) is 0 Å². The molecule has 0 fully saturated rings. The maximum absolute atomic E-state index is 11.7. The third-order valence-electron chi connectivity index (χ3n) is 3.30. The molecule has 0 atom stereocenters. The molecule has 0 bridgehead atoms. The lowest BCUT2D eigenvalue weighted by molar-refractivity contribution is -0.147. The van der Waals surface area contributed by atoms with Crippen molar-refractivity contribution in [3.63, 3.8) is 0 Å². The van der Waals surface area contributed by atoms with Crippen LogP contribution in [0, 0.1) is 6.92 Å². The van der Waals surface area contributed by atoms with Crippen molar-refractivity contribution < 1.29 is 19.1 Å². The quantitative estimate of drug-likeness (QED) is 0.570. The van der Waals surface area contributed by atoms with Crippen molar-refractivity contribution in [1.29, 1.82) is 0 Å². The van der Waals surface area contributed by atoms with E-state index in [1.165, 1.54) is 0 Å². The van der Waals surface area contributed by atoms with Gasteiger partial charge >= 0.3 is 5.97 Å². The lowest BCUT2D eigenvalue weighted by Gasteiger charge is -2.08. The second-order valence-electron chi connectivity index (χ2n) is 5.46. The molecule has 0 heterocycles. The zero-order valence-corrected chi connectivity index (χ0v) is 14.7. The molecule has 0 aromatic heterocycles. The van der Waals surface area contributed by atoms with Crippen LogP contribution < -0.4 is 10.1 Å². The number of rotatable bonds is 8. The molecule has 1 N–H and O–H groups in total. The summed E-state index contributed by atoms with van der Waals surface area (Å²) in [5, 5.41) is 3.01. The second-order valence-corrected chi connectivity index (χ2v) is 5.86. The van der Waals surface area contributed by atoms with Crippen molar-refractivity contribution in [2.75, 3.05) is 18.5 Å². The number of para-hydroxylation sites is 1. The van der Waals surface area contributed by atoms with E-state index in [2.05, 4.69) is 5.32 Å². The summed E-state index contributed by atoms with van der Waals surface area (Å²) < 4.78 is 10.5. The average molecular weight is 362 g/mol. The van der Waals surface area contributed by atoms with Crippen LogP contribution in [0.25, 0.3) is 0 Å². The fourth-order valence-corrected chi connectivity index (χ4v) is 2.26. The Morgan fingerprint density at radius 1 is 1.12 bits per heavy atom. The summed E-state index contributed by atoms with van der Waals surface area (Å²) in [6.07, 6.45) is 0.699. The van der Waals surface area contributed by atoms with Gasteiger partial charge < -0.3 is 14.8 Å². The van der Waals surface area contributed by atoms with E-state index < -0.39 is 11.9 Å². The second kappa shape index (κ2) is 9.69. The molecule has 5 nitrogen and oxygen atoms in total. The molecule has 0 radical (unpaired) electrons. The van der Waals surface area contributed by atoms with Crippen molar-refractivity contribution >= 4 is 29.2 Å². The molecule has 2 aromatic carbocycles. The van der Waals surface area contributed by atoms with E-state index in [4.69, 9.17) is 21.1 Å². The van der Waals surface area contributed by atoms with E-state index in [1.54, 1.807) is 24.3 Å². The zero-order chi connectivity index (χ0) is 18.1. The first-order chi connectivity index (χ1) is 12.0.